The highest BCUT2D eigenvalue weighted by Crippen LogP contribution is 2.17. The summed E-state index contributed by atoms with van der Waals surface area (Å²) < 4.78 is 54.4. The molecule has 2 unspecified atom stereocenters. The summed E-state index contributed by atoms with van der Waals surface area (Å²) in [5.74, 6) is 2.84. The maximum absolute atomic E-state index is 14.2. The van der Waals surface area contributed by atoms with Crippen LogP contribution in [0.1, 0.15) is 84.4 Å². The lowest BCUT2D eigenvalue weighted by molar-refractivity contribution is 0.0618. The summed E-state index contributed by atoms with van der Waals surface area (Å²) in [6.07, 6.45) is 0.461. The highest BCUT2D eigenvalue weighted by Gasteiger charge is 2.28. The summed E-state index contributed by atoms with van der Waals surface area (Å²) in [4.78, 5) is 31.5. The molecule has 0 saturated carbocycles. The lowest BCUT2D eigenvalue weighted by atomic mass is 9.99. The smallest absolute Gasteiger partial charge is 0.253 e. The summed E-state index contributed by atoms with van der Waals surface area (Å²) in [7, 11) is -3.87. The van der Waals surface area contributed by atoms with Gasteiger partial charge in [0.2, 0.25) is 10.0 Å². The predicted octanol–water partition coefficient (Wildman–Crippen LogP) is 5.05. The van der Waals surface area contributed by atoms with E-state index in [1.807, 2.05) is 20.8 Å². The van der Waals surface area contributed by atoms with Crippen molar-refractivity contribution in [2.24, 2.45) is 0 Å². The normalized spacial score (nSPS) is 12.6. The van der Waals surface area contributed by atoms with Gasteiger partial charge in [-0.2, -0.15) is 0 Å². The average Bonchev–Trinajstić information content (AvgIpc) is 3.03. The molecule has 0 aliphatic carbocycles. The molecule has 0 aliphatic heterocycles. The van der Waals surface area contributed by atoms with E-state index in [0.29, 0.717) is 30.6 Å². The fourth-order valence-electron chi connectivity index (χ4n) is 5.47. The van der Waals surface area contributed by atoms with Crippen molar-refractivity contribution >= 4 is 21.8 Å². The Labute approximate surface area is 288 Å². The van der Waals surface area contributed by atoms with Crippen molar-refractivity contribution in [3.63, 3.8) is 0 Å². The number of nitrogens with zero attached hydrogens (tertiary/aromatic N) is 2. The van der Waals surface area contributed by atoms with Crippen LogP contribution in [0, 0.1) is 23.5 Å². The first kappa shape index (κ1) is 39.3. The van der Waals surface area contributed by atoms with Crippen molar-refractivity contribution < 1.29 is 31.9 Å². The Bertz CT molecular complexity index is 1700. The second kappa shape index (κ2) is 19.1. The van der Waals surface area contributed by atoms with Gasteiger partial charge >= 0.3 is 0 Å². The average molecular weight is 697 g/mol. The number of carbonyl (C=O) groups excluding carboxylic acids is 2. The van der Waals surface area contributed by atoms with E-state index >= 15 is 0 Å². The van der Waals surface area contributed by atoms with Gasteiger partial charge in [-0.3, -0.25) is 9.59 Å². The first-order valence-electron chi connectivity index (χ1n) is 16.5. The van der Waals surface area contributed by atoms with Crippen molar-refractivity contribution in [3.8, 4) is 11.8 Å². The molecular formula is C37H46F2N4O5S. The Balaban J connectivity index is 1.94. The number of carbonyl (C=O) groups is 2. The molecule has 12 heteroatoms. The molecule has 0 aromatic heterocycles. The van der Waals surface area contributed by atoms with Crippen LogP contribution in [0.5, 0.6) is 0 Å². The van der Waals surface area contributed by atoms with Crippen LogP contribution in [0.3, 0.4) is 0 Å². The summed E-state index contributed by atoms with van der Waals surface area (Å²) in [6.45, 7) is 8.48. The minimum atomic E-state index is -3.87. The molecule has 0 saturated heterocycles. The molecule has 0 fully saturated rings. The molecule has 2 amide bonds. The molecule has 0 spiro atoms. The van der Waals surface area contributed by atoms with Crippen LogP contribution in [-0.4, -0.2) is 73.6 Å². The lowest BCUT2D eigenvalue weighted by Crippen LogP contribution is -2.53. The minimum absolute atomic E-state index is 0.105. The number of nitrogens with one attached hydrogen (secondary N) is 2. The largest absolute Gasteiger partial charge is 0.390 e. The number of aliphatic hydroxyl groups excluding tert-OH is 1. The number of halogens is 2. The highest BCUT2D eigenvalue weighted by atomic mass is 32.2. The van der Waals surface area contributed by atoms with Crippen LogP contribution in [0.2, 0.25) is 0 Å². The second-order valence-corrected chi connectivity index (χ2v) is 13.6. The molecule has 264 valence electrons. The van der Waals surface area contributed by atoms with E-state index in [1.54, 1.807) is 48.2 Å². The minimum Gasteiger partial charge on any atom is -0.390 e. The fraction of sp³-hybridized carbons (Fsp3) is 0.405. The zero-order valence-corrected chi connectivity index (χ0v) is 29.3. The van der Waals surface area contributed by atoms with E-state index in [0.717, 1.165) is 31.0 Å². The van der Waals surface area contributed by atoms with E-state index in [-0.39, 0.29) is 47.9 Å². The van der Waals surface area contributed by atoms with E-state index in [4.69, 9.17) is 0 Å². The van der Waals surface area contributed by atoms with Gasteiger partial charge in [0, 0.05) is 48.9 Å². The molecule has 0 aliphatic rings. The van der Waals surface area contributed by atoms with Gasteiger partial charge in [-0.1, -0.05) is 57.0 Å². The maximum Gasteiger partial charge on any atom is 0.253 e. The predicted molar refractivity (Wildman–Crippen MR) is 187 cm³/mol. The van der Waals surface area contributed by atoms with Gasteiger partial charge in [-0.05, 0) is 74.1 Å². The summed E-state index contributed by atoms with van der Waals surface area (Å²) in [5, 5.41) is 15.6. The van der Waals surface area contributed by atoms with Gasteiger partial charge in [-0.15, -0.1) is 10.8 Å². The van der Waals surface area contributed by atoms with Gasteiger partial charge in [0.25, 0.3) is 11.8 Å². The van der Waals surface area contributed by atoms with Crippen molar-refractivity contribution in [2.75, 3.05) is 26.2 Å². The fourth-order valence-corrected chi connectivity index (χ4v) is 6.73. The van der Waals surface area contributed by atoms with Crippen LogP contribution in [-0.2, 0) is 22.2 Å². The van der Waals surface area contributed by atoms with Crippen molar-refractivity contribution in [1.29, 1.82) is 0 Å². The SMILES string of the molecule is CC#Cc1cc(C(=O)NC(Cc2cc(F)cc(F)c2)C(O)CN(CCC)NS(=O)(=O)Cc2ccccc2)cc(C(=O)N(CCC)CCC)c1. The Morgan fingerprint density at radius 1 is 0.857 bits per heavy atom. The molecule has 3 N–H and O–H groups in total. The number of sulfonamides is 1. The third-order valence-electron chi connectivity index (χ3n) is 7.51. The molecule has 49 heavy (non-hydrogen) atoms. The molecule has 0 bridgehead atoms. The first-order valence-corrected chi connectivity index (χ1v) is 18.1. The molecule has 0 radical (unpaired) electrons. The number of rotatable bonds is 18. The molecule has 3 rings (SSSR count). The topological polar surface area (TPSA) is 119 Å². The summed E-state index contributed by atoms with van der Waals surface area (Å²) in [6, 6.07) is 15.0. The third-order valence-corrected chi connectivity index (χ3v) is 8.76. The van der Waals surface area contributed by atoms with E-state index in [2.05, 4.69) is 22.0 Å². The van der Waals surface area contributed by atoms with Crippen LogP contribution >= 0.6 is 0 Å². The third kappa shape index (κ3) is 12.7. The number of hydrogen-bond acceptors (Lipinski definition) is 6. The summed E-state index contributed by atoms with van der Waals surface area (Å²) >= 11 is 0. The highest BCUT2D eigenvalue weighted by molar-refractivity contribution is 7.88. The molecular weight excluding hydrogens is 650 g/mol. The van der Waals surface area contributed by atoms with Crippen molar-refractivity contribution in [2.45, 2.75) is 71.3 Å². The van der Waals surface area contributed by atoms with Crippen LogP contribution < -0.4 is 10.1 Å². The Morgan fingerprint density at radius 2 is 1.47 bits per heavy atom. The molecule has 0 heterocycles. The Hall–Kier alpha value is -4.15. The van der Waals surface area contributed by atoms with E-state index < -0.39 is 39.7 Å². The number of hydrogen-bond donors (Lipinski definition) is 3. The van der Waals surface area contributed by atoms with Crippen molar-refractivity contribution in [1.82, 2.24) is 20.1 Å². The van der Waals surface area contributed by atoms with Gasteiger partial charge in [0.05, 0.1) is 17.9 Å². The molecule has 3 aromatic rings. The number of aliphatic hydroxyl groups is 1. The number of benzene rings is 3. The van der Waals surface area contributed by atoms with Gasteiger partial charge in [-0.25, -0.2) is 22.2 Å². The van der Waals surface area contributed by atoms with E-state index in [9.17, 15) is 31.9 Å². The summed E-state index contributed by atoms with van der Waals surface area (Å²) in [5.41, 5.74) is 1.57. The van der Waals surface area contributed by atoms with Gasteiger partial charge < -0.3 is 15.3 Å². The molecule has 9 nitrogen and oxygen atoms in total. The van der Waals surface area contributed by atoms with Crippen LogP contribution in [0.15, 0.2) is 66.7 Å². The zero-order valence-electron chi connectivity index (χ0n) is 28.5. The van der Waals surface area contributed by atoms with E-state index in [1.165, 1.54) is 17.1 Å². The van der Waals surface area contributed by atoms with Crippen LogP contribution in [0.4, 0.5) is 8.78 Å². The number of amides is 2. The Morgan fingerprint density at radius 3 is 2.06 bits per heavy atom. The number of hydrazine groups is 1. The maximum atomic E-state index is 14.2. The van der Waals surface area contributed by atoms with Gasteiger partial charge in [0.15, 0.2) is 0 Å². The van der Waals surface area contributed by atoms with Gasteiger partial charge in [0.1, 0.15) is 11.6 Å². The molecule has 2 atom stereocenters. The Kier molecular flexibility index (Phi) is 15.4. The van der Waals surface area contributed by atoms with Crippen molar-refractivity contribution in [3.05, 3.63) is 106 Å². The molecule has 3 aromatic carbocycles. The zero-order chi connectivity index (χ0) is 36.0. The van der Waals surface area contributed by atoms with Crippen LogP contribution in [0.25, 0.3) is 0 Å². The standard InChI is InChI=1S/C37H46F2N4O5S/c1-5-12-28-18-30(23-31(19-28)37(46)42(15-6-2)16-7-3)36(45)40-34(22-29-20-32(38)24-33(39)21-29)35(44)25-43(17-8-4)41-49(47,48)26-27-13-10-9-11-14-27/h9-11,13-14,18-21,23-24,34-35,41,44H,6-8,15-17,22,25-26H2,1-4H3,(H,40,45). The monoisotopic (exact) mass is 696 g/mol. The first-order chi connectivity index (χ1) is 23.4. The lowest BCUT2D eigenvalue weighted by Gasteiger charge is -2.30. The second-order valence-electron chi connectivity index (χ2n) is 11.9. The quantitative estimate of drug-likeness (QED) is 0.127.